The number of rotatable bonds is 15. The second kappa shape index (κ2) is 20.6. The van der Waals surface area contributed by atoms with Gasteiger partial charge >= 0.3 is 81.5 Å². The number of esters is 1. The zero-order chi connectivity index (χ0) is 18.3. The third kappa shape index (κ3) is 24.8. The van der Waals surface area contributed by atoms with Crippen LogP contribution in [0.4, 0.5) is 0 Å². The quantitative estimate of drug-likeness (QED) is 0.190. The molecule has 0 heterocycles. The minimum absolute atomic E-state index is 0. The molecule has 0 fully saturated rings. The Kier molecular flexibility index (Phi) is 25.0. The van der Waals surface area contributed by atoms with Crippen LogP contribution in [0.5, 0.6) is 0 Å². The first-order valence-electron chi connectivity index (χ1n) is 8.70. The van der Waals surface area contributed by atoms with Gasteiger partial charge in [0.2, 0.25) is 0 Å². The molecule has 0 saturated carbocycles. The molecule has 0 atom stereocenters. The summed E-state index contributed by atoms with van der Waals surface area (Å²) in [6.07, 6.45) is 11.1. The van der Waals surface area contributed by atoms with E-state index < -0.39 is 28.8 Å². The van der Waals surface area contributed by atoms with Crippen molar-refractivity contribution in [3.63, 3.8) is 0 Å². The summed E-state index contributed by atoms with van der Waals surface area (Å²) in [5.41, 5.74) is 0. The van der Waals surface area contributed by atoms with Crippen molar-refractivity contribution >= 4 is 81.5 Å². The van der Waals surface area contributed by atoms with Crippen LogP contribution in [0.25, 0.3) is 0 Å². The molecule has 0 rings (SSSR count). The molecule has 1 N–H and O–H groups in total. The summed E-state index contributed by atoms with van der Waals surface area (Å²) in [7, 11) is -4.81. The van der Waals surface area contributed by atoms with E-state index in [0.717, 1.165) is 19.3 Å². The fourth-order valence-corrected chi connectivity index (χ4v) is 2.53. The maximum atomic E-state index is 11.3. The summed E-state index contributed by atoms with van der Waals surface area (Å²) in [6.45, 7) is 2.50. The maximum absolute atomic E-state index is 11.3. The van der Waals surface area contributed by atoms with Crippen LogP contribution in [-0.4, -0.2) is 90.6 Å². The second-order valence-corrected chi connectivity index (χ2v) is 6.81. The molecule has 0 aliphatic rings. The summed E-state index contributed by atoms with van der Waals surface area (Å²) in [4.78, 5) is 22.3. The van der Waals surface area contributed by atoms with Gasteiger partial charge in [0.1, 0.15) is 0 Å². The zero-order valence-electron chi connectivity index (χ0n) is 14.5. The van der Waals surface area contributed by atoms with E-state index in [1.165, 1.54) is 44.9 Å². The van der Waals surface area contributed by atoms with E-state index in [9.17, 15) is 18.0 Å². The van der Waals surface area contributed by atoms with E-state index in [1.807, 2.05) is 0 Å². The standard InChI is InChI=1S/C16H30O7S.2Na.2H/c1-2-3-4-5-6-7-8-9-10-11-14-22-15(17)12-13-16(18)23-24(19,20)21;;;;/h2-14H2,1H3,(H,19,20,21);;;;. The molecule has 0 radical (unpaired) electrons. The third-order valence-electron chi connectivity index (χ3n) is 3.49. The molecule has 0 unspecified atom stereocenters. The van der Waals surface area contributed by atoms with Crippen LogP contribution in [-0.2, 0) is 28.9 Å². The predicted molar refractivity (Wildman–Crippen MR) is 104 cm³/mol. The van der Waals surface area contributed by atoms with Crippen molar-refractivity contribution in [3.8, 4) is 0 Å². The monoisotopic (exact) mass is 414 g/mol. The zero-order valence-corrected chi connectivity index (χ0v) is 15.3. The number of carbonyl (C=O) groups is 2. The molecule has 7 nitrogen and oxygen atoms in total. The first-order valence-corrected chi connectivity index (χ1v) is 10.1. The van der Waals surface area contributed by atoms with Gasteiger partial charge in [-0.1, -0.05) is 64.7 Å². The fraction of sp³-hybridized carbons (Fsp3) is 0.875. The van der Waals surface area contributed by atoms with Gasteiger partial charge < -0.3 is 8.92 Å². The molecule has 0 saturated heterocycles. The summed E-state index contributed by atoms with van der Waals surface area (Å²) in [6, 6.07) is 0. The van der Waals surface area contributed by atoms with Crippen molar-refractivity contribution in [1.82, 2.24) is 0 Å². The van der Waals surface area contributed by atoms with Crippen LogP contribution in [0, 0.1) is 0 Å². The number of unbranched alkanes of at least 4 members (excludes halogenated alkanes) is 9. The molecule has 0 aromatic heterocycles. The molecule has 0 spiro atoms. The van der Waals surface area contributed by atoms with Crippen LogP contribution < -0.4 is 0 Å². The van der Waals surface area contributed by atoms with Gasteiger partial charge in [0.15, 0.2) is 0 Å². The van der Waals surface area contributed by atoms with Crippen molar-refractivity contribution in [2.45, 2.75) is 84.0 Å². The molecule has 146 valence electrons. The van der Waals surface area contributed by atoms with Gasteiger partial charge in [-0.15, -0.1) is 0 Å². The molecule has 10 heteroatoms. The summed E-state index contributed by atoms with van der Waals surface area (Å²) in [5.74, 6) is -1.77. The molecular weight excluding hydrogens is 382 g/mol. The predicted octanol–water partition coefficient (Wildman–Crippen LogP) is 2.28. The normalized spacial score (nSPS) is 10.4. The Morgan fingerprint density at radius 2 is 1.19 bits per heavy atom. The first kappa shape index (κ1) is 31.5. The van der Waals surface area contributed by atoms with Gasteiger partial charge in [-0.05, 0) is 6.42 Å². The van der Waals surface area contributed by atoms with Crippen molar-refractivity contribution in [2.75, 3.05) is 6.61 Å². The van der Waals surface area contributed by atoms with Crippen LogP contribution in [0.15, 0.2) is 0 Å². The topological polar surface area (TPSA) is 107 Å². The third-order valence-corrected chi connectivity index (χ3v) is 3.89. The Bertz CT molecular complexity index is 456. The molecule has 0 aliphatic heterocycles. The van der Waals surface area contributed by atoms with Gasteiger partial charge in [0, 0.05) is 0 Å². The molecule has 0 aromatic rings. The SMILES string of the molecule is CCCCCCCCCCCCOC(=O)CCC(=O)OS(=O)(=O)O.[NaH].[NaH]. The Balaban J connectivity index is -0.00000264. The van der Waals surface area contributed by atoms with Crippen molar-refractivity contribution < 1.29 is 31.5 Å². The van der Waals surface area contributed by atoms with E-state index >= 15 is 0 Å². The summed E-state index contributed by atoms with van der Waals surface area (Å²) < 4.78 is 37.4. The Labute approximate surface area is 201 Å². The van der Waals surface area contributed by atoms with E-state index in [-0.39, 0.29) is 65.5 Å². The molecular formula is C16H32Na2O7S. The summed E-state index contributed by atoms with van der Waals surface area (Å²) in [5, 5.41) is 0. The Morgan fingerprint density at radius 1 is 0.769 bits per heavy atom. The van der Waals surface area contributed by atoms with Crippen LogP contribution in [0.1, 0.15) is 84.0 Å². The van der Waals surface area contributed by atoms with Gasteiger partial charge in [0.25, 0.3) is 0 Å². The fourth-order valence-electron chi connectivity index (χ4n) is 2.21. The number of carbonyl (C=O) groups excluding carboxylic acids is 2. The molecule has 0 aliphatic carbocycles. The van der Waals surface area contributed by atoms with Crippen molar-refractivity contribution in [2.24, 2.45) is 0 Å². The number of hydrogen-bond acceptors (Lipinski definition) is 6. The average Bonchev–Trinajstić information content (AvgIpc) is 2.49. The van der Waals surface area contributed by atoms with Crippen LogP contribution >= 0.6 is 0 Å². The second-order valence-electron chi connectivity index (χ2n) is 5.79. The first-order chi connectivity index (χ1) is 11.3. The van der Waals surface area contributed by atoms with Gasteiger partial charge in [-0.3, -0.25) is 14.1 Å². The van der Waals surface area contributed by atoms with Gasteiger partial charge in [-0.2, -0.15) is 8.42 Å². The van der Waals surface area contributed by atoms with E-state index in [2.05, 4.69) is 11.1 Å². The van der Waals surface area contributed by atoms with E-state index in [4.69, 9.17) is 9.29 Å². The Morgan fingerprint density at radius 3 is 1.65 bits per heavy atom. The van der Waals surface area contributed by atoms with Gasteiger partial charge in [-0.25, -0.2) is 0 Å². The molecule has 0 bridgehead atoms. The van der Waals surface area contributed by atoms with Crippen LogP contribution in [0.2, 0.25) is 0 Å². The average molecular weight is 414 g/mol. The Hall–Kier alpha value is 0.850. The van der Waals surface area contributed by atoms with Crippen molar-refractivity contribution in [1.29, 1.82) is 0 Å². The molecule has 0 aromatic carbocycles. The minimum atomic E-state index is -4.81. The van der Waals surface area contributed by atoms with Crippen LogP contribution in [0.3, 0.4) is 0 Å². The molecule has 0 amide bonds. The molecule has 26 heavy (non-hydrogen) atoms. The van der Waals surface area contributed by atoms with E-state index in [0.29, 0.717) is 6.61 Å². The van der Waals surface area contributed by atoms with Gasteiger partial charge in [0.05, 0.1) is 19.4 Å². The number of ether oxygens (including phenoxy) is 1. The van der Waals surface area contributed by atoms with Crippen molar-refractivity contribution in [3.05, 3.63) is 0 Å². The number of hydrogen-bond donors (Lipinski definition) is 1. The van der Waals surface area contributed by atoms with E-state index in [1.54, 1.807) is 0 Å². The summed E-state index contributed by atoms with van der Waals surface area (Å²) >= 11 is 0.